The van der Waals surface area contributed by atoms with Gasteiger partial charge < -0.3 is 10.1 Å². The Bertz CT molecular complexity index is 396. The average molecular weight is 303 g/mol. The molecule has 2 rings (SSSR count). The second kappa shape index (κ2) is 7.23. The van der Waals surface area contributed by atoms with E-state index in [4.69, 9.17) is 4.74 Å². The molecule has 20 heavy (non-hydrogen) atoms. The van der Waals surface area contributed by atoms with Gasteiger partial charge in [0.15, 0.2) is 9.84 Å². The summed E-state index contributed by atoms with van der Waals surface area (Å²) in [5.41, 5.74) is 0. The Labute approximate surface area is 123 Å². The summed E-state index contributed by atoms with van der Waals surface area (Å²) in [5, 5.41) is 2.97. The van der Waals surface area contributed by atoms with Crippen molar-refractivity contribution in [2.75, 3.05) is 13.2 Å². The largest absolute Gasteiger partial charge is 0.377 e. The number of hydrogen-bond acceptors (Lipinski definition) is 4. The Hall–Kier alpha value is -0.130. The van der Waals surface area contributed by atoms with Gasteiger partial charge >= 0.3 is 0 Å². The fourth-order valence-corrected chi connectivity index (χ4v) is 6.27. The first-order chi connectivity index (χ1) is 9.57. The molecule has 4 unspecified atom stereocenters. The Kier molecular flexibility index (Phi) is 5.87. The number of sulfone groups is 1. The third kappa shape index (κ3) is 3.55. The van der Waals surface area contributed by atoms with Crippen LogP contribution in [0.4, 0.5) is 0 Å². The normalized spacial score (nSPS) is 35.9. The molecule has 0 aromatic heterocycles. The fraction of sp³-hybridized carbons (Fsp3) is 1.00. The van der Waals surface area contributed by atoms with Crippen molar-refractivity contribution >= 4 is 9.84 Å². The van der Waals surface area contributed by atoms with E-state index in [2.05, 4.69) is 12.2 Å². The maximum Gasteiger partial charge on any atom is 0.160 e. The number of nitrogens with one attached hydrogen (secondary N) is 1. The number of rotatable bonds is 5. The van der Waals surface area contributed by atoms with Crippen LogP contribution in [0.15, 0.2) is 0 Å². The van der Waals surface area contributed by atoms with E-state index in [1.54, 1.807) is 0 Å². The Morgan fingerprint density at radius 1 is 1.10 bits per heavy atom. The first kappa shape index (κ1) is 16.2. The van der Waals surface area contributed by atoms with E-state index < -0.39 is 9.84 Å². The Morgan fingerprint density at radius 3 is 2.50 bits per heavy atom. The summed E-state index contributed by atoms with van der Waals surface area (Å²) in [6.45, 7) is 5.53. The van der Waals surface area contributed by atoms with Crippen LogP contribution in [-0.2, 0) is 14.6 Å². The predicted octanol–water partition coefficient (Wildman–Crippen LogP) is 2.28. The van der Waals surface area contributed by atoms with Gasteiger partial charge in [0.05, 0.1) is 16.6 Å². The molecular formula is C15H29NO3S. The molecule has 5 heteroatoms. The summed E-state index contributed by atoms with van der Waals surface area (Å²) in [4.78, 5) is 0. The number of hydrogen-bond donors (Lipinski definition) is 1. The summed E-state index contributed by atoms with van der Waals surface area (Å²) in [6, 6.07) is 0.134. The van der Waals surface area contributed by atoms with E-state index in [0.29, 0.717) is 13.0 Å². The zero-order valence-electron chi connectivity index (χ0n) is 12.8. The lowest BCUT2D eigenvalue weighted by atomic mass is 10.1. The highest BCUT2D eigenvalue weighted by atomic mass is 32.2. The van der Waals surface area contributed by atoms with Crippen molar-refractivity contribution in [2.45, 2.75) is 81.4 Å². The Balaban J connectivity index is 2.15. The maximum absolute atomic E-state index is 13.0. The molecule has 0 aromatic rings. The zero-order chi connectivity index (χ0) is 14.6. The van der Waals surface area contributed by atoms with Crippen LogP contribution < -0.4 is 5.32 Å². The molecule has 2 fully saturated rings. The topological polar surface area (TPSA) is 55.4 Å². The van der Waals surface area contributed by atoms with Crippen LogP contribution in [0.1, 0.15) is 58.8 Å². The monoisotopic (exact) mass is 303 g/mol. The van der Waals surface area contributed by atoms with Crippen molar-refractivity contribution in [1.82, 2.24) is 5.32 Å². The summed E-state index contributed by atoms with van der Waals surface area (Å²) >= 11 is 0. The molecule has 2 aliphatic rings. The molecule has 4 nitrogen and oxygen atoms in total. The van der Waals surface area contributed by atoms with Gasteiger partial charge in [-0.05, 0) is 39.2 Å². The SMILES string of the molecule is CCCNC1CCCCCC1S(=O)(=O)C1CCOC1C. The quantitative estimate of drug-likeness (QED) is 0.792. The first-order valence-electron chi connectivity index (χ1n) is 8.15. The molecule has 4 atom stereocenters. The molecule has 1 saturated heterocycles. The third-order valence-corrected chi connectivity index (χ3v) is 7.63. The molecule has 0 bridgehead atoms. The van der Waals surface area contributed by atoms with Gasteiger partial charge in [-0.3, -0.25) is 0 Å². The molecule has 0 amide bonds. The highest BCUT2D eigenvalue weighted by Gasteiger charge is 2.43. The van der Waals surface area contributed by atoms with Crippen LogP contribution in [0.25, 0.3) is 0 Å². The lowest BCUT2D eigenvalue weighted by molar-refractivity contribution is 0.126. The fourth-order valence-electron chi connectivity index (χ4n) is 3.60. The molecule has 0 spiro atoms. The molecule has 1 heterocycles. The van der Waals surface area contributed by atoms with E-state index >= 15 is 0 Å². The minimum atomic E-state index is -3.10. The molecule has 1 saturated carbocycles. The highest BCUT2D eigenvalue weighted by Crippen LogP contribution is 2.31. The second-order valence-corrected chi connectivity index (χ2v) is 8.62. The van der Waals surface area contributed by atoms with Crippen LogP contribution in [0, 0.1) is 0 Å². The molecule has 118 valence electrons. The van der Waals surface area contributed by atoms with Gasteiger partial charge in [-0.25, -0.2) is 8.42 Å². The summed E-state index contributed by atoms with van der Waals surface area (Å²) in [5.74, 6) is 0. The van der Waals surface area contributed by atoms with Crippen molar-refractivity contribution in [1.29, 1.82) is 0 Å². The minimum absolute atomic E-state index is 0.134. The third-order valence-electron chi connectivity index (χ3n) is 4.76. The van der Waals surface area contributed by atoms with Gasteiger partial charge in [0.25, 0.3) is 0 Å². The van der Waals surface area contributed by atoms with Crippen LogP contribution in [-0.4, -0.2) is 44.2 Å². The van der Waals surface area contributed by atoms with E-state index in [-0.39, 0.29) is 22.6 Å². The molecule has 0 aromatic carbocycles. The van der Waals surface area contributed by atoms with Crippen molar-refractivity contribution < 1.29 is 13.2 Å². The van der Waals surface area contributed by atoms with Crippen LogP contribution in [0.2, 0.25) is 0 Å². The van der Waals surface area contributed by atoms with E-state index in [1.807, 2.05) is 6.92 Å². The summed E-state index contributed by atoms with van der Waals surface area (Å²) in [6.07, 6.45) is 6.72. The van der Waals surface area contributed by atoms with Gasteiger partial charge in [-0.2, -0.15) is 0 Å². The van der Waals surface area contributed by atoms with Crippen molar-refractivity contribution in [3.05, 3.63) is 0 Å². The Morgan fingerprint density at radius 2 is 1.85 bits per heavy atom. The lowest BCUT2D eigenvalue weighted by Crippen LogP contribution is -2.48. The second-order valence-electron chi connectivity index (χ2n) is 6.23. The lowest BCUT2D eigenvalue weighted by Gasteiger charge is -2.29. The van der Waals surface area contributed by atoms with Crippen molar-refractivity contribution in [3.8, 4) is 0 Å². The van der Waals surface area contributed by atoms with Crippen molar-refractivity contribution in [3.63, 3.8) is 0 Å². The van der Waals surface area contributed by atoms with E-state index in [1.165, 1.54) is 0 Å². The van der Waals surface area contributed by atoms with E-state index in [9.17, 15) is 8.42 Å². The standard InChI is InChI=1S/C15H29NO3S/c1-3-10-16-13-7-5-4-6-8-15(13)20(17,18)14-9-11-19-12(14)2/h12-16H,3-11H2,1-2H3. The van der Waals surface area contributed by atoms with Crippen LogP contribution in [0.3, 0.4) is 0 Å². The smallest absolute Gasteiger partial charge is 0.160 e. The van der Waals surface area contributed by atoms with Gasteiger partial charge in [0.2, 0.25) is 0 Å². The van der Waals surface area contributed by atoms with Crippen LogP contribution >= 0.6 is 0 Å². The molecule has 1 aliphatic carbocycles. The van der Waals surface area contributed by atoms with E-state index in [0.717, 1.165) is 45.1 Å². The van der Waals surface area contributed by atoms with Gasteiger partial charge in [-0.1, -0.05) is 26.2 Å². The van der Waals surface area contributed by atoms with Crippen molar-refractivity contribution in [2.24, 2.45) is 0 Å². The first-order valence-corrected chi connectivity index (χ1v) is 9.76. The zero-order valence-corrected chi connectivity index (χ0v) is 13.6. The van der Waals surface area contributed by atoms with Crippen LogP contribution in [0.5, 0.6) is 0 Å². The maximum atomic E-state index is 13.0. The molecule has 1 N–H and O–H groups in total. The predicted molar refractivity (Wildman–Crippen MR) is 81.7 cm³/mol. The summed E-state index contributed by atoms with van der Waals surface area (Å²) in [7, 11) is -3.10. The van der Waals surface area contributed by atoms with Gasteiger partial charge in [0.1, 0.15) is 0 Å². The minimum Gasteiger partial charge on any atom is -0.377 e. The highest BCUT2D eigenvalue weighted by molar-refractivity contribution is 7.92. The van der Waals surface area contributed by atoms with Gasteiger partial charge in [-0.15, -0.1) is 0 Å². The average Bonchev–Trinajstić information content (AvgIpc) is 2.72. The summed E-state index contributed by atoms with van der Waals surface area (Å²) < 4.78 is 31.5. The number of ether oxygens (including phenoxy) is 1. The molecule has 0 radical (unpaired) electrons. The van der Waals surface area contributed by atoms with Gasteiger partial charge in [0, 0.05) is 12.6 Å². The molecule has 1 aliphatic heterocycles. The molecular weight excluding hydrogens is 274 g/mol.